The molecule has 0 heterocycles. The topological polar surface area (TPSA) is 20.2 Å². The summed E-state index contributed by atoms with van der Waals surface area (Å²) >= 11 is 0. The maximum absolute atomic E-state index is 10.2. The predicted molar refractivity (Wildman–Crippen MR) is 122 cm³/mol. The lowest BCUT2D eigenvalue weighted by atomic mass is 9.84. The van der Waals surface area contributed by atoms with Gasteiger partial charge in [0.05, 0.1) is 0 Å². The zero-order valence-corrected chi connectivity index (χ0v) is 18.3. The summed E-state index contributed by atoms with van der Waals surface area (Å²) in [5.41, 5.74) is 5.71. The van der Waals surface area contributed by atoms with Crippen LogP contribution in [0.4, 0.5) is 0 Å². The number of phenolic OH excluding ortho intramolecular Hbond substituents is 1. The van der Waals surface area contributed by atoms with Crippen molar-refractivity contribution in [1.29, 1.82) is 0 Å². The van der Waals surface area contributed by atoms with Crippen molar-refractivity contribution in [2.45, 2.75) is 97.3 Å². The summed E-state index contributed by atoms with van der Waals surface area (Å²) in [6, 6.07) is 14.7. The van der Waals surface area contributed by atoms with Crippen LogP contribution in [0.15, 0.2) is 42.5 Å². The van der Waals surface area contributed by atoms with Crippen molar-refractivity contribution >= 4 is 0 Å². The van der Waals surface area contributed by atoms with Gasteiger partial charge < -0.3 is 5.11 Å². The minimum atomic E-state index is 0.421. The van der Waals surface area contributed by atoms with E-state index in [1.165, 1.54) is 69.8 Å². The van der Waals surface area contributed by atoms with Crippen LogP contribution in [0, 0.1) is 0 Å². The number of hydrogen-bond donors (Lipinski definition) is 1. The summed E-state index contributed by atoms with van der Waals surface area (Å²) in [5, 5.41) is 10.2. The molecule has 28 heavy (non-hydrogen) atoms. The van der Waals surface area contributed by atoms with Crippen molar-refractivity contribution in [1.82, 2.24) is 0 Å². The van der Waals surface area contributed by atoms with Gasteiger partial charge in [-0.25, -0.2) is 0 Å². The Morgan fingerprint density at radius 1 is 0.714 bits per heavy atom. The Morgan fingerprint density at radius 3 is 2.04 bits per heavy atom. The van der Waals surface area contributed by atoms with Crippen molar-refractivity contribution in [2.75, 3.05) is 0 Å². The SMILES string of the molecule is CCCCCCc1cccc(C(C)Cc2ccccc2O)c1CCCCCC. The van der Waals surface area contributed by atoms with Crippen molar-refractivity contribution in [3.63, 3.8) is 0 Å². The van der Waals surface area contributed by atoms with E-state index in [9.17, 15) is 5.11 Å². The zero-order valence-electron chi connectivity index (χ0n) is 18.3. The van der Waals surface area contributed by atoms with Gasteiger partial charge in [0.1, 0.15) is 5.75 Å². The normalized spacial score (nSPS) is 12.2. The highest BCUT2D eigenvalue weighted by Gasteiger charge is 2.15. The van der Waals surface area contributed by atoms with Crippen molar-refractivity contribution in [2.24, 2.45) is 0 Å². The lowest BCUT2D eigenvalue weighted by molar-refractivity contribution is 0.465. The molecular formula is C27H40O. The van der Waals surface area contributed by atoms with Gasteiger partial charge >= 0.3 is 0 Å². The van der Waals surface area contributed by atoms with Crippen LogP contribution in [0.1, 0.15) is 100 Å². The maximum Gasteiger partial charge on any atom is 0.118 e. The van der Waals surface area contributed by atoms with E-state index in [1.54, 1.807) is 17.2 Å². The average Bonchev–Trinajstić information content (AvgIpc) is 2.70. The van der Waals surface area contributed by atoms with E-state index in [0.717, 1.165) is 12.0 Å². The fraction of sp³-hybridized carbons (Fsp3) is 0.556. The summed E-state index contributed by atoms with van der Waals surface area (Å²) in [4.78, 5) is 0. The van der Waals surface area contributed by atoms with Crippen molar-refractivity contribution in [3.05, 3.63) is 64.7 Å². The molecule has 0 aromatic heterocycles. The van der Waals surface area contributed by atoms with Gasteiger partial charge in [-0.2, -0.15) is 0 Å². The molecule has 0 aliphatic rings. The van der Waals surface area contributed by atoms with Crippen LogP contribution in [0.2, 0.25) is 0 Å². The summed E-state index contributed by atoms with van der Waals surface area (Å²) in [6.07, 6.45) is 13.8. The second-order valence-electron chi connectivity index (χ2n) is 8.34. The Balaban J connectivity index is 2.18. The van der Waals surface area contributed by atoms with Gasteiger partial charge in [-0.05, 0) is 66.3 Å². The highest BCUT2D eigenvalue weighted by molar-refractivity contribution is 5.40. The number of para-hydroxylation sites is 1. The monoisotopic (exact) mass is 380 g/mol. The molecule has 154 valence electrons. The van der Waals surface area contributed by atoms with E-state index in [1.807, 2.05) is 12.1 Å². The smallest absolute Gasteiger partial charge is 0.118 e. The van der Waals surface area contributed by atoms with Gasteiger partial charge in [0.15, 0.2) is 0 Å². The zero-order chi connectivity index (χ0) is 20.2. The van der Waals surface area contributed by atoms with Gasteiger partial charge in [-0.1, -0.05) is 95.7 Å². The third kappa shape index (κ3) is 7.00. The van der Waals surface area contributed by atoms with Gasteiger partial charge in [0, 0.05) is 0 Å². The molecule has 0 bridgehead atoms. The highest BCUT2D eigenvalue weighted by atomic mass is 16.3. The predicted octanol–water partition coefficient (Wildman–Crippen LogP) is 7.98. The second kappa shape index (κ2) is 12.6. The quantitative estimate of drug-likeness (QED) is 0.349. The first-order chi connectivity index (χ1) is 13.7. The van der Waals surface area contributed by atoms with Crippen molar-refractivity contribution in [3.8, 4) is 5.75 Å². The number of unbranched alkanes of at least 4 members (excludes halogenated alkanes) is 6. The van der Waals surface area contributed by atoms with E-state index < -0.39 is 0 Å². The summed E-state index contributed by atoms with van der Waals surface area (Å²) in [5.74, 6) is 0.847. The Kier molecular flexibility index (Phi) is 10.2. The van der Waals surface area contributed by atoms with Crippen LogP contribution in [-0.4, -0.2) is 5.11 Å². The molecule has 0 saturated heterocycles. The van der Waals surface area contributed by atoms with Gasteiger partial charge in [-0.15, -0.1) is 0 Å². The average molecular weight is 381 g/mol. The minimum absolute atomic E-state index is 0.421. The molecule has 0 aliphatic heterocycles. The molecule has 2 rings (SSSR count). The van der Waals surface area contributed by atoms with Gasteiger partial charge in [0.25, 0.3) is 0 Å². The molecule has 1 heteroatoms. The minimum Gasteiger partial charge on any atom is -0.508 e. The van der Waals surface area contributed by atoms with E-state index >= 15 is 0 Å². The van der Waals surface area contributed by atoms with Gasteiger partial charge in [0.2, 0.25) is 0 Å². The molecule has 0 radical (unpaired) electrons. The third-order valence-electron chi connectivity index (χ3n) is 5.94. The Morgan fingerprint density at radius 2 is 1.36 bits per heavy atom. The van der Waals surface area contributed by atoms with Crippen LogP contribution in [0.25, 0.3) is 0 Å². The van der Waals surface area contributed by atoms with E-state index in [4.69, 9.17) is 0 Å². The van der Waals surface area contributed by atoms with E-state index in [0.29, 0.717) is 11.7 Å². The van der Waals surface area contributed by atoms with Gasteiger partial charge in [-0.3, -0.25) is 0 Å². The molecule has 2 aromatic rings. The number of phenols is 1. The lowest BCUT2D eigenvalue weighted by Gasteiger charge is -2.21. The molecule has 1 N–H and O–H groups in total. The summed E-state index contributed by atoms with van der Waals surface area (Å²) < 4.78 is 0. The Hall–Kier alpha value is -1.76. The summed E-state index contributed by atoms with van der Waals surface area (Å²) in [6.45, 7) is 6.88. The molecular weight excluding hydrogens is 340 g/mol. The van der Waals surface area contributed by atoms with Crippen LogP contribution >= 0.6 is 0 Å². The number of aromatic hydroxyl groups is 1. The standard InChI is InChI=1S/C27H40O/c1-4-6-8-10-15-23-17-14-19-25(26(23)18-11-9-7-5-2)22(3)21-24-16-12-13-20-27(24)28/h12-14,16-17,19-20,22,28H,4-11,15,18,21H2,1-3H3. The molecule has 0 spiro atoms. The van der Waals surface area contributed by atoms with Crippen LogP contribution in [0.5, 0.6) is 5.75 Å². The largest absolute Gasteiger partial charge is 0.508 e. The maximum atomic E-state index is 10.2. The first kappa shape index (κ1) is 22.5. The number of rotatable bonds is 13. The molecule has 2 aromatic carbocycles. The van der Waals surface area contributed by atoms with Crippen molar-refractivity contribution < 1.29 is 5.11 Å². The third-order valence-corrected chi connectivity index (χ3v) is 5.94. The first-order valence-corrected chi connectivity index (χ1v) is 11.5. The van der Waals surface area contributed by atoms with Crippen LogP contribution < -0.4 is 0 Å². The molecule has 0 amide bonds. The number of aryl methyl sites for hydroxylation is 1. The molecule has 0 aliphatic carbocycles. The molecule has 1 nitrogen and oxygen atoms in total. The van der Waals surface area contributed by atoms with E-state index in [2.05, 4.69) is 45.0 Å². The van der Waals surface area contributed by atoms with E-state index in [-0.39, 0.29) is 0 Å². The fourth-order valence-electron chi connectivity index (χ4n) is 4.25. The Bertz CT molecular complexity index is 688. The number of hydrogen-bond acceptors (Lipinski definition) is 1. The Labute approximate surface area is 173 Å². The highest BCUT2D eigenvalue weighted by Crippen LogP contribution is 2.31. The lowest BCUT2D eigenvalue weighted by Crippen LogP contribution is -2.07. The fourth-order valence-corrected chi connectivity index (χ4v) is 4.25. The summed E-state index contributed by atoms with van der Waals surface area (Å²) in [7, 11) is 0. The molecule has 0 saturated carbocycles. The van der Waals surface area contributed by atoms with Crippen LogP contribution in [0.3, 0.4) is 0 Å². The molecule has 0 fully saturated rings. The second-order valence-corrected chi connectivity index (χ2v) is 8.34. The molecule has 1 atom stereocenters. The number of benzene rings is 2. The molecule has 1 unspecified atom stereocenters. The van der Waals surface area contributed by atoms with Crippen LogP contribution in [-0.2, 0) is 19.3 Å². The first-order valence-electron chi connectivity index (χ1n) is 11.5.